The molecule has 0 atom stereocenters. The van der Waals surface area contributed by atoms with Gasteiger partial charge in [0, 0.05) is 17.2 Å². The van der Waals surface area contributed by atoms with Crippen molar-refractivity contribution in [2.24, 2.45) is 0 Å². The van der Waals surface area contributed by atoms with Crippen molar-refractivity contribution in [3.05, 3.63) is 22.8 Å². The van der Waals surface area contributed by atoms with Gasteiger partial charge in [-0.3, -0.25) is 0 Å². The molecule has 2 aromatic rings. The van der Waals surface area contributed by atoms with Crippen molar-refractivity contribution in [2.75, 3.05) is 31.7 Å². The molecule has 0 unspecified atom stereocenters. The number of hydrogen-bond acceptors (Lipinski definition) is 5. The number of nitrogens with zero attached hydrogens (tertiary/aromatic N) is 3. The molecule has 92 valence electrons. The van der Waals surface area contributed by atoms with E-state index in [1.165, 1.54) is 0 Å². The third-order valence-corrected chi connectivity index (χ3v) is 2.53. The third-order valence-electron chi connectivity index (χ3n) is 2.06. The second-order valence-electron chi connectivity index (χ2n) is 3.35. The molecule has 0 saturated heterocycles. The summed E-state index contributed by atoms with van der Waals surface area (Å²) in [5, 5.41) is 15.8. The molecule has 7 heteroatoms. The van der Waals surface area contributed by atoms with Crippen LogP contribution in [0.2, 0.25) is 0 Å². The molecule has 0 aliphatic rings. The molecule has 6 nitrogen and oxygen atoms in total. The van der Waals surface area contributed by atoms with Crippen LogP contribution in [0.25, 0.3) is 5.65 Å². The van der Waals surface area contributed by atoms with Crippen molar-refractivity contribution in [1.29, 1.82) is 0 Å². The number of fused-ring (bicyclic) bond motifs is 1. The Morgan fingerprint density at radius 3 is 3.12 bits per heavy atom. The predicted molar refractivity (Wildman–Crippen MR) is 67.1 cm³/mol. The Bertz CT molecular complexity index is 488. The molecule has 0 fully saturated rings. The summed E-state index contributed by atoms with van der Waals surface area (Å²) in [5.74, 6) is 0.565. The van der Waals surface area contributed by atoms with Crippen molar-refractivity contribution >= 4 is 27.5 Å². The van der Waals surface area contributed by atoms with Gasteiger partial charge in [-0.05, 0) is 28.1 Å². The van der Waals surface area contributed by atoms with Crippen LogP contribution in [0.4, 0.5) is 5.95 Å². The second-order valence-corrected chi connectivity index (χ2v) is 4.26. The number of ether oxygens (including phenoxy) is 1. The maximum Gasteiger partial charge on any atom is 0.243 e. The molecule has 2 aromatic heterocycles. The van der Waals surface area contributed by atoms with Crippen LogP contribution in [0.15, 0.2) is 22.8 Å². The van der Waals surface area contributed by atoms with Gasteiger partial charge in [0.2, 0.25) is 5.95 Å². The van der Waals surface area contributed by atoms with Gasteiger partial charge in [-0.15, -0.1) is 5.10 Å². The number of halogens is 1. The highest BCUT2D eigenvalue weighted by Crippen LogP contribution is 2.11. The lowest BCUT2D eigenvalue weighted by molar-refractivity contribution is 0.0991. The maximum absolute atomic E-state index is 8.53. The summed E-state index contributed by atoms with van der Waals surface area (Å²) in [7, 11) is 0. The van der Waals surface area contributed by atoms with Crippen LogP contribution in [0.3, 0.4) is 0 Å². The largest absolute Gasteiger partial charge is 0.394 e. The van der Waals surface area contributed by atoms with E-state index in [-0.39, 0.29) is 6.61 Å². The van der Waals surface area contributed by atoms with Crippen LogP contribution < -0.4 is 5.32 Å². The van der Waals surface area contributed by atoms with Crippen molar-refractivity contribution in [2.45, 2.75) is 0 Å². The number of aliphatic hydroxyl groups is 1. The summed E-state index contributed by atoms with van der Waals surface area (Å²) in [6.07, 6.45) is 1.84. The first-order chi connectivity index (χ1) is 8.29. The molecule has 0 aliphatic carbocycles. The van der Waals surface area contributed by atoms with E-state index in [2.05, 4.69) is 31.3 Å². The summed E-state index contributed by atoms with van der Waals surface area (Å²) in [6, 6.07) is 3.79. The van der Waals surface area contributed by atoms with Gasteiger partial charge in [0.25, 0.3) is 0 Å². The van der Waals surface area contributed by atoms with Gasteiger partial charge >= 0.3 is 0 Å². The Labute approximate surface area is 107 Å². The topological polar surface area (TPSA) is 71.7 Å². The van der Waals surface area contributed by atoms with Crippen LogP contribution in [0.5, 0.6) is 0 Å². The van der Waals surface area contributed by atoms with Gasteiger partial charge in [-0.2, -0.15) is 4.98 Å². The van der Waals surface area contributed by atoms with Crippen LogP contribution >= 0.6 is 15.9 Å². The molecule has 0 aliphatic heterocycles. The monoisotopic (exact) mass is 300 g/mol. The first-order valence-electron chi connectivity index (χ1n) is 5.24. The average Bonchev–Trinajstić information content (AvgIpc) is 2.70. The van der Waals surface area contributed by atoms with Crippen molar-refractivity contribution in [1.82, 2.24) is 14.6 Å². The van der Waals surface area contributed by atoms with Crippen LogP contribution in [0, 0.1) is 0 Å². The fourth-order valence-corrected chi connectivity index (χ4v) is 1.66. The summed E-state index contributed by atoms with van der Waals surface area (Å²) in [4.78, 5) is 4.29. The minimum absolute atomic E-state index is 0.0423. The predicted octanol–water partition coefficient (Wildman–Crippen LogP) is 0.913. The zero-order valence-corrected chi connectivity index (χ0v) is 10.7. The van der Waals surface area contributed by atoms with Crippen LogP contribution in [-0.2, 0) is 4.74 Å². The maximum atomic E-state index is 8.53. The molecule has 17 heavy (non-hydrogen) atoms. The summed E-state index contributed by atoms with van der Waals surface area (Å²) in [5.41, 5.74) is 0.784. The zero-order valence-electron chi connectivity index (χ0n) is 9.14. The first-order valence-corrected chi connectivity index (χ1v) is 6.03. The Morgan fingerprint density at radius 1 is 1.41 bits per heavy atom. The molecule has 2 N–H and O–H groups in total. The van der Waals surface area contributed by atoms with Gasteiger partial charge in [0.15, 0.2) is 5.65 Å². The average molecular weight is 301 g/mol. The highest BCUT2D eigenvalue weighted by atomic mass is 79.9. The number of nitrogens with one attached hydrogen (secondary N) is 1. The Kier molecular flexibility index (Phi) is 4.29. The van der Waals surface area contributed by atoms with Crippen molar-refractivity contribution in [3.8, 4) is 0 Å². The molecular weight excluding hydrogens is 288 g/mol. The van der Waals surface area contributed by atoms with Gasteiger partial charge in [-0.1, -0.05) is 0 Å². The molecule has 0 aromatic carbocycles. The number of pyridine rings is 1. The third kappa shape index (κ3) is 3.39. The van der Waals surface area contributed by atoms with Gasteiger partial charge in [0.1, 0.15) is 0 Å². The van der Waals surface area contributed by atoms with E-state index in [4.69, 9.17) is 9.84 Å². The number of aromatic nitrogens is 3. The summed E-state index contributed by atoms with van der Waals surface area (Å²) < 4.78 is 7.76. The van der Waals surface area contributed by atoms with E-state index in [0.717, 1.165) is 10.1 Å². The smallest absolute Gasteiger partial charge is 0.243 e. The molecule has 0 amide bonds. The van der Waals surface area contributed by atoms with Gasteiger partial charge < -0.3 is 15.2 Å². The standard InChI is InChI=1S/C10H13BrN4O2/c11-8-1-2-9-13-10(14-15(9)7-8)12-3-5-17-6-4-16/h1-2,7,16H,3-6H2,(H,12,14). The van der Waals surface area contributed by atoms with Crippen LogP contribution in [0.1, 0.15) is 0 Å². The number of rotatable bonds is 6. The molecule has 2 heterocycles. The molecule has 0 saturated carbocycles. The van der Waals surface area contributed by atoms with Crippen molar-refractivity contribution in [3.63, 3.8) is 0 Å². The van der Waals surface area contributed by atoms with E-state index in [1.807, 2.05) is 18.3 Å². The Balaban J connectivity index is 1.91. The fraction of sp³-hybridized carbons (Fsp3) is 0.400. The lowest BCUT2D eigenvalue weighted by atomic mass is 10.5. The Hall–Kier alpha value is -1.18. The highest BCUT2D eigenvalue weighted by molar-refractivity contribution is 9.10. The van der Waals surface area contributed by atoms with E-state index in [9.17, 15) is 0 Å². The minimum atomic E-state index is 0.0423. The van der Waals surface area contributed by atoms with E-state index >= 15 is 0 Å². The second kappa shape index (κ2) is 5.95. The van der Waals surface area contributed by atoms with Gasteiger partial charge in [-0.25, -0.2) is 4.52 Å². The number of anilines is 1. The van der Waals surface area contributed by atoms with E-state index in [1.54, 1.807) is 4.52 Å². The lowest BCUT2D eigenvalue weighted by Crippen LogP contribution is -2.12. The summed E-state index contributed by atoms with van der Waals surface area (Å²) in [6.45, 7) is 1.52. The van der Waals surface area contributed by atoms with E-state index < -0.39 is 0 Å². The normalized spacial score (nSPS) is 10.9. The summed E-state index contributed by atoms with van der Waals surface area (Å²) >= 11 is 3.37. The lowest BCUT2D eigenvalue weighted by Gasteiger charge is -2.01. The molecule has 0 radical (unpaired) electrons. The zero-order chi connectivity index (χ0) is 12.1. The molecular formula is C10H13BrN4O2. The minimum Gasteiger partial charge on any atom is -0.394 e. The van der Waals surface area contributed by atoms with Crippen LogP contribution in [-0.4, -0.2) is 46.1 Å². The fourth-order valence-electron chi connectivity index (χ4n) is 1.33. The SMILES string of the molecule is OCCOCCNc1nc2ccc(Br)cn2n1. The molecule has 0 spiro atoms. The molecule has 0 bridgehead atoms. The van der Waals surface area contributed by atoms with Gasteiger partial charge in [0.05, 0.1) is 19.8 Å². The number of hydrogen-bond donors (Lipinski definition) is 2. The quantitative estimate of drug-likeness (QED) is 0.776. The molecule has 2 rings (SSSR count). The van der Waals surface area contributed by atoms with E-state index in [0.29, 0.717) is 25.7 Å². The van der Waals surface area contributed by atoms with Crippen molar-refractivity contribution < 1.29 is 9.84 Å². The Morgan fingerprint density at radius 2 is 2.29 bits per heavy atom. The number of aliphatic hydroxyl groups excluding tert-OH is 1. The first kappa shape index (κ1) is 12.3. The highest BCUT2D eigenvalue weighted by Gasteiger charge is 2.02.